The summed E-state index contributed by atoms with van der Waals surface area (Å²) >= 11 is 0. The van der Waals surface area contributed by atoms with Crippen LogP contribution in [0.25, 0.3) is 0 Å². The molecule has 0 aliphatic carbocycles. The lowest BCUT2D eigenvalue weighted by Gasteiger charge is -2.33. The van der Waals surface area contributed by atoms with E-state index < -0.39 is 45.8 Å². The summed E-state index contributed by atoms with van der Waals surface area (Å²) in [6.07, 6.45) is 0.647. The zero-order chi connectivity index (χ0) is 20.8. The summed E-state index contributed by atoms with van der Waals surface area (Å²) in [5.74, 6) is -0.421. The van der Waals surface area contributed by atoms with Crippen LogP contribution in [-0.2, 0) is 25.0 Å². The van der Waals surface area contributed by atoms with Crippen molar-refractivity contribution < 1.29 is 27.5 Å². The van der Waals surface area contributed by atoms with E-state index in [0.29, 0.717) is 24.3 Å². The van der Waals surface area contributed by atoms with Crippen molar-refractivity contribution in [3.8, 4) is 5.75 Å². The second kappa shape index (κ2) is 7.01. The summed E-state index contributed by atoms with van der Waals surface area (Å²) in [5, 5.41) is 2.76. The Balaban J connectivity index is 1.55. The zero-order valence-electron chi connectivity index (χ0n) is 16.1. The summed E-state index contributed by atoms with van der Waals surface area (Å²) < 4.78 is 29.1. The molecule has 2 unspecified atom stereocenters. The molecule has 3 aliphatic rings. The molecule has 1 spiro atoms. The molecule has 0 radical (unpaired) electrons. The first-order valence-electron chi connectivity index (χ1n) is 9.64. The molecule has 1 N–H and O–H groups in total. The van der Waals surface area contributed by atoms with Gasteiger partial charge < -0.3 is 15.0 Å². The van der Waals surface area contributed by atoms with Gasteiger partial charge in [-0.1, -0.05) is 18.2 Å². The van der Waals surface area contributed by atoms with Crippen molar-refractivity contribution in [3.05, 3.63) is 29.8 Å². The molecular formula is C19H23N3O6S. The van der Waals surface area contributed by atoms with Crippen molar-refractivity contribution in [1.29, 1.82) is 0 Å². The monoisotopic (exact) mass is 421 g/mol. The van der Waals surface area contributed by atoms with E-state index in [4.69, 9.17) is 4.74 Å². The normalized spacial score (nSPS) is 27.5. The second-order valence-electron chi connectivity index (χ2n) is 7.56. The maximum Gasteiger partial charge on any atom is 0.325 e. The van der Waals surface area contributed by atoms with Crippen LogP contribution < -0.4 is 10.1 Å². The number of carbonyl (C=O) groups excluding carboxylic acids is 3. The van der Waals surface area contributed by atoms with Crippen LogP contribution >= 0.6 is 0 Å². The molecule has 0 aromatic heterocycles. The predicted octanol–water partition coefficient (Wildman–Crippen LogP) is 0.252. The fourth-order valence-corrected chi connectivity index (χ4v) is 6.13. The standard InChI is InChI=1S/C19H23N3O6S/c1-2-21(13-7-10-29(26,27)12-13)16(23)11-22-17(24)19(20-18(22)25)8-9-28-15-6-4-3-5-14(15)19/h3-6,13H,2,7-12H2,1H3,(H,20,25). The highest BCUT2D eigenvalue weighted by atomic mass is 32.2. The Morgan fingerprint density at radius 2 is 2.10 bits per heavy atom. The molecule has 2 saturated heterocycles. The highest BCUT2D eigenvalue weighted by Crippen LogP contribution is 2.40. The number of ether oxygens (including phenoxy) is 1. The van der Waals surface area contributed by atoms with Crippen molar-refractivity contribution in [2.75, 3.05) is 31.2 Å². The van der Waals surface area contributed by atoms with E-state index in [2.05, 4.69) is 5.32 Å². The third kappa shape index (κ3) is 3.25. The molecule has 9 nitrogen and oxygen atoms in total. The van der Waals surface area contributed by atoms with Gasteiger partial charge in [-0.05, 0) is 19.4 Å². The highest BCUT2D eigenvalue weighted by Gasteiger charge is 2.55. The third-order valence-electron chi connectivity index (χ3n) is 5.86. The van der Waals surface area contributed by atoms with E-state index in [0.717, 1.165) is 4.90 Å². The van der Waals surface area contributed by atoms with Crippen LogP contribution in [-0.4, -0.2) is 73.3 Å². The Labute approximate surface area is 168 Å². The number of urea groups is 1. The van der Waals surface area contributed by atoms with E-state index in [-0.39, 0.29) is 24.5 Å². The van der Waals surface area contributed by atoms with Crippen LogP contribution in [0.15, 0.2) is 24.3 Å². The Hall–Kier alpha value is -2.62. The minimum atomic E-state index is -3.16. The quantitative estimate of drug-likeness (QED) is 0.698. The SMILES string of the molecule is CCN(C(=O)CN1C(=O)NC2(CCOc3ccccc32)C1=O)C1CCS(=O)(=O)C1. The maximum absolute atomic E-state index is 13.2. The Kier molecular flexibility index (Phi) is 4.76. The number of rotatable bonds is 4. The highest BCUT2D eigenvalue weighted by molar-refractivity contribution is 7.91. The van der Waals surface area contributed by atoms with Gasteiger partial charge in [-0.3, -0.25) is 14.5 Å². The lowest BCUT2D eigenvalue weighted by molar-refractivity contribution is -0.140. The van der Waals surface area contributed by atoms with Gasteiger partial charge >= 0.3 is 6.03 Å². The number of fused-ring (bicyclic) bond motifs is 2. The summed E-state index contributed by atoms with van der Waals surface area (Å²) in [7, 11) is -3.16. The number of likely N-dealkylation sites (N-methyl/N-ethyl adjacent to an activating group) is 1. The number of sulfone groups is 1. The molecule has 0 saturated carbocycles. The smallest absolute Gasteiger partial charge is 0.325 e. The largest absolute Gasteiger partial charge is 0.493 e. The zero-order valence-corrected chi connectivity index (χ0v) is 16.9. The Morgan fingerprint density at radius 3 is 2.79 bits per heavy atom. The molecule has 0 bridgehead atoms. The number of amides is 4. The van der Waals surface area contributed by atoms with Crippen molar-refractivity contribution in [3.63, 3.8) is 0 Å². The number of nitrogens with zero attached hydrogens (tertiary/aromatic N) is 2. The van der Waals surface area contributed by atoms with Gasteiger partial charge in [0.15, 0.2) is 15.4 Å². The van der Waals surface area contributed by atoms with Crippen molar-refractivity contribution in [2.45, 2.75) is 31.3 Å². The summed E-state index contributed by atoms with van der Waals surface area (Å²) in [6, 6.07) is 5.98. The number of imide groups is 1. The molecule has 3 heterocycles. The number of para-hydroxylation sites is 1. The van der Waals surface area contributed by atoms with Crippen molar-refractivity contribution in [1.82, 2.24) is 15.1 Å². The van der Waals surface area contributed by atoms with E-state index >= 15 is 0 Å². The van der Waals surface area contributed by atoms with Crippen LogP contribution in [0, 0.1) is 0 Å². The number of carbonyl (C=O) groups is 3. The summed E-state index contributed by atoms with van der Waals surface area (Å²) in [6.45, 7) is 1.92. The number of nitrogens with one attached hydrogen (secondary N) is 1. The van der Waals surface area contributed by atoms with E-state index in [9.17, 15) is 22.8 Å². The first-order chi connectivity index (χ1) is 13.8. The minimum Gasteiger partial charge on any atom is -0.493 e. The molecule has 3 aliphatic heterocycles. The molecule has 1 aromatic carbocycles. The number of hydrogen-bond donors (Lipinski definition) is 1. The molecule has 4 amide bonds. The second-order valence-corrected chi connectivity index (χ2v) is 9.79. The van der Waals surface area contributed by atoms with Gasteiger partial charge in [0.2, 0.25) is 5.91 Å². The van der Waals surface area contributed by atoms with Gasteiger partial charge in [0, 0.05) is 24.6 Å². The minimum absolute atomic E-state index is 0.0461. The topological polar surface area (TPSA) is 113 Å². The third-order valence-corrected chi connectivity index (χ3v) is 7.61. The van der Waals surface area contributed by atoms with Crippen LogP contribution in [0.4, 0.5) is 4.79 Å². The van der Waals surface area contributed by atoms with E-state index in [1.165, 1.54) is 4.90 Å². The number of hydrogen-bond acceptors (Lipinski definition) is 6. The fraction of sp³-hybridized carbons (Fsp3) is 0.526. The Morgan fingerprint density at radius 1 is 1.34 bits per heavy atom. The summed E-state index contributed by atoms with van der Waals surface area (Å²) in [5.41, 5.74) is -0.659. The average molecular weight is 421 g/mol. The predicted molar refractivity (Wildman–Crippen MR) is 103 cm³/mol. The maximum atomic E-state index is 13.2. The van der Waals surface area contributed by atoms with Crippen molar-refractivity contribution in [2.24, 2.45) is 0 Å². The molecule has 29 heavy (non-hydrogen) atoms. The lowest BCUT2D eigenvalue weighted by Crippen LogP contribution is -2.49. The average Bonchev–Trinajstić information content (AvgIpc) is 3.15. The van der Waals surface area contributed by atoms with E-state index in [1.807, 2.05) is 0 Å². The van der Waals surface area contributed by atoms with Gasteiger partial charge in [-0.25, -0.2) is 13.2 Å². The molecule has 2 fully saturated rings. The van der Waals surface area contributed by atoms with Crippen LogP contribution in [0.3, 0.4) is 0 Å². The summed E-state index contributed by atoms with van der Waals surface area (Å²) in [4.78, 5) is 41.1. The molecular weight excluding hydrogens is 398 g/mol. The molecule has 2 atom stereocenters. The van der Waals surface area contributed by atoms with Crippen molar-refractivity contribution >= 4 is 27.7 Å². The molecule has 4 rings (SSSR count). The lowest BCUT2D eigenvalue weighted by atomic mass is 9.84. The number of benzene rings is 1. The first kappa shape index (κ1) is 19.7. The van der Waals surface area contributed by atoms with Gasteiger partial charge in [-0.2, -0.15) is 0 Å². The molecule has 1 aromatic rings. The molecule has 156 valence electrons. The first-order valence-corrected chi connectivity index (χ1v) is 11.5. The van der Waals surface area contributed by atoms with Crippen LogP contribution in [0.2, 0.25) is 0 Å². The van der Waals surface area contributed by atoms with Crippen LogP contribution in [0.5, 0.6) is 5.75 Å². The van der Waals surface area contributed by atoms with Gasteiger partial charge in [0.25, 0.3) is 5.91 Å². The van der Waals surface area contributed by atoms with E-state index in [1.54, 1.807) is 31.2 Å². The van der Waals surface area contributed by atoms with Crippen LogP contribution in [0.1, 0.15) is 25.3 Å². The van der Waals surface area contributed by atoms with Gasteiger partial charge in [0.05, 0.1) is 18.1 Å². The Bertz CT molecular complexity index is 978. The van der Waals surface area contributed by atoms with Gasteiger partial charge in [0.1, 0.15) is 12.3 Å². The fourth-order valence-electron chi connectivity index (χ4n) is 4.40. The van der Waals surface area contributed by atoms with Gasteiger partial charge in [-0.15, -0.1) is 0 Å². The molecule has 10 heteroatoms.